The van der Waals surface area contributed by atoms with Crippen molar-refractivity contribution in [1.29, 1.82) is 0 Å². The molecule has 1 heterocycles. The lowest BCUT2D eigenvalue weighted by Gasteiger charge is -2.19. The molecule has 0 aliphatic heterocycles. The van der Waals surface area contributed by atoms with Gasteiger partial charge in [0, 0.05) is 12.5 Å². The molecule has 0 aliphatic rings. The zero-order chi connectivity index (χ0) is 17.5. The molecule has 4 nitrogen and oxygen atoms in total. The highest BCUT2D eigenvalue weighted by atomic mass is 16.3. The summed E-state index contributed by atoms with van der Waals surface area (Å²) in [4.78, 5) is 8.90. The molecule has 1 aromatic carbocycles. The van der Waals surface area contributed by atoms with Crippen molar-refractivity contribution in [1.82, 2.24) is 9.97 Å². The van der Waals surface area contributed by atoms with Gasteiger partial charge in [0.05, 0.1) is 11.4 Å². The number of nitrogens with zero attached hydrogens (tertiary/aromatic N) is 2. The molecule has 2 aromatic rings. The number of hydrogen-bond donors (Lipinski definition) is 2. The second-order valence-corrected chi connectivity index (χ2v) is 6.65. The molecular formula is C20H29N3O. The number of benzene rings is 1. The average molecular weight is 327 g/mol. The monoisotopic (exact) mass is 327 g/mol. The van der Waals surface area contributed by atoms with Crippen LogP contribution in [0.2, 0.25) is 0 Å². The van der Waals surface area contributed by atoms with Crippen molar-refractivity contribution in [3.8, 4) is 5.75 Å². The normalized spacial score (nSPS) is 12.4. The molecule has 2 N–H and O–H groups in total. The van der Waals surface area contributed by atoms with Crippen molar-refractivity contribution in [2.45, 2.75) is 58.8 Å². The summed E-state index contributed by atoms with van der Waals surface area (Å²) < 4.78 is 0. The van der Waals surface area contributed by atoms with Crippen LogP contribution in [-0.4, -0.2) is 21.6 Å². The van der Waals surface area contributed by atoms with Gasteiger partial charge in [-0.05, 0) is 24.8 Å². The number of anilines is 1. The molecule has 1 aromatic heterocycles. The number of aryl methyl sites for hydroxylation is 1. The van der Waals surface area contributed by atoms with Gasteiger partial charge in [0.2, 0.25) is 5.95 Å². The molecule has 24 heavy (non-hydrogen) atoms. The first kappa shape index (κ1) is 18.2. The molecule has 0 fully saturated rings. The van der Waals surface area contributed by atoms with Gasteiger partial charge in [-0.3, -0.25) is 0 Å². The number of unbranched alkanes of at least 4 members (excludes halogenated alkanes) is 1. The molecule has 0 radical (unpaired) electrons. The van der Waals surface area contributed by atoms with Gasteiger partial charge in [0.25, 0.3) is 0 Å². The van der Waals surface area contributed by atoms with Crippen molar-refractivity contribution >= 4 is 5.95 Å². The zero-order valence-corrected chi connectivity index (χ0v) is 15.2. The Morgan fingerprint density at radius 2 is 1.83 bits per heavy atom. The van der Waals surface area contributed by atoms with Crippen LogP contribution in [0.4, 0.5) is 5.95 Å². The molecule has 0 spiro atoms. The zero-order valence-electron chi connectivity index (χ0n) is 15.2. The predicted molar refractivity (Wildman–Crippen MR) is 99.7 cm³/mol. The van der Waals surface area contributed by atoms with Gasteiger partial charge in [-0.2, -0.15) is 0 Å². The van der Waals surface area contributed by atoms with Crippen LogP contribution in [0.15, 0.2) is 30.3 Å². The van der Waals surface area contributed by atoms with E-state index in [1.54, 1.807) is 0 Å². The maximum Gasteiger partial charge on any atom is 0.223 e. The first-order valence-corrected chi connectivity index (χ1v) is 8.89. The van der Waals surface area contributed by atoms with Crippen LogP contribution < -0.4 is 5.32 Å². The lowest BCUT2D eigenvalue weighted by molar-refractivity contribution is 0.451. The maximum absolute atomic E-state index is 10.1. The van der Waals surface area contributed by atoms with E-state index in [1.165, 1.54) is 18.4 Å². The van der Waals surface area contributed by atoms with E-state index in [0.29, 0.717) is 23.3 Å². The summed E-state index contributed by atoms with van der Waals surface area (Å²) in [6.07, 6.45) is 3.53. The van der Waals surface area contributed by atoms with E-state index in [-0.39, 0.29) is 11.7 Å². The number of hydrogen-bond acceptors (Lipinski definition) is 4. The first-order valence-electron chi connectivity index (χ1n) is 8.89. The smallest absolute Gasteiger partial charge is 0.223 e. The summed E-state index contributed by atoms with van der Waals surface area (Å²) >= 11 is 0. The first-order chi connectivity index (χ1) is 11.5. The van der Waals surface area contributed by atoms with E-state index in [9.17, 15) is 5.11 Å². The van der Waals surface area contributed by atoms with Crippen molar-refractivity contribution in [3.63, 3.8) is 0 Å². The molecule has 1 unspecified atom stereocenters. The molecule has 0 saturated heterocycles. The molecule has 0 aliphatic carbocycles. The summed E-state index contributed by atoms with van der Waals surface area (Å²) in [5.74, 6) is 1.41. The molecular weight excluding hydrogens is 298 g/mol. The van der Waals surface area contributed by atoms with Crippen LogP contribution in [0.25, 0.3) is 0 Å². The van der Waals surface area contributed by atoms with Crippen LogP contribution in [0, 0.1) is 6.92 Å². The van der Waals surface area contributed by atoms with E-state index in [4.69, 9.17) is 0 Å². The minimum atomic E-state index is 0.164. The maximum atomic E-state index is 10.1. The lowest BCUT2D eigenvalue weighted by Crippen LogP contribution is -2.15. The van der Waals surface area contributed by atoms with Crippen LogP contribution >= 0.6 is 0 Å². The highest BCUT2D eigenvalue weighted by Crippen LogP contribution is 2.27. The molecule has 4 heteroatoms. The SMILES string of the molecule is CCCCC(CNc1nc(C)c(O)c(C(C)C)n1)c1ccccc1. The summed E-state index contributed by atoms with van der Waals surface area (Å²) in [5.41, 5.74) is 2.67. The largest absolute Gasteiger partial charge is 0.504 e. The van der Waals surface area contributed by atoms with Gasteiger partial charge in [-0.25, -0.2) is 9.97 Å². The Morgan fingerprint density at radius 3 is 2.46 bits per heavy atom. The van der Waals surface area contributed by atoms with E-state index in [0.717, 1.165) is 13.0 Å². The topological polar surface area (TPSA) is 58.0 Å². The van der Waals surface area contributed by atoms with Gasteiger partial charge in [0.1, 0.15) is 0 Å². The number of nitrogens with one attached hydrogen (secondary N) is 1. The molecule has 130 valence electrons. The molecule has 2 rings (SSSR count). The average Bonchev–Trinajstić information content (AvgIpc) is 2.58. The van der Waals surface area contributed by atoms with Crippen LogP contribution in [0.1, 0.15) is 68.8 Å². The Kier molecular flexibility index (Phi) is 6.59. The third kappa shape index (κ3) is 4.70. The molecule has 0 bridgehead atoms. The fourth-order valence-electron chi connectivity index (χ4n) is 2.85. The second kappa shape index (κ2) is 8.67. The molecule has 0 saturated carbocycles. The van der Waals surface area contributed by atoms with Gasteiger partial charge >= 0.3 is 0 Å². The number of rotatable bonds is 8. The fourth-order valence-corrected chi connectivity index (χ4v) is 2.85. The van der Waals surface area contributed by atoms with Crippen LogP contribution in [-0.2, 0) is 0 Å². The Bertz CT molecular complexity index is 641. The Hall–Kier alpha value is -2.10. The second-order valence-electron chi connectivity index (χ2n) is 6.65. The predicted octanol–water partition coefficient (Wildman–Crippen LogP) is 5.00. The Morgan fingerprint density at radius 1 is 1.12 bits per heavy atom. The third-order valence-electron chi connectivity index (χ3n) is 4.32. The Balaban J connectivity index is 2.14. The van der Waals surface area contributed by atoms with E-state index in [2.05, 4.69) is 52.5 Å². The summed E-state index contributed by atoms with van der Waals surface area (Å²) in [5, 5.41) is 13.5. The van der Waals surface area contributed by atoms with Crippen molar-refractivity contribution in [2.75, 3.05) is 11.9 Å². The van der Waals surface area contributed by atoms with Gasteiger partial charge in [-0.15, -0.1) is 0 Å². The molecule has 0 amide bonds. The van der Waals surface area contributed by atoms with E-state index >= 15 is 0 Å². The number of aromatic hydroxyl groups is 1. The highest BCUT2D eigenvalue weighted by Gasteiger charge is 2.15. The quantitative estimate of drug-likeness (QED) is 0.716. The highest BCUT2D eigenvalue weighted by molar-refractivity contribution is 5.39. The standard InChI is InChI=1S/C20H29N3O/c1-5-6-10-17(16-11-8-7-9-12-16)13-21-20-22-15(4)19(24)18(23-20)14(2)3/h7-9,11-12,14,17,24H,5-6,10,13H2,1-4H3,(H,21,22,23). The van der Waals surface area contributed by atoms with Crippen molar-refractivity contribution < 1.29 is 5.11 Å². The fraction of sp³-hybridized carbons (Fsp3) is 0.500. The van der Waals surface area contributed by atoms with Crippen LogP contribution in [0.5, 0.6) is 5.75 Å². The molecule has 1 atom stereocenters. The minimum absolute atomic E-state index is 0.164. The van der Waals surface area contributed by atoms with Gasteiger partial charge in [-0.1, -0.05) is 63.9 Å². The minimum Gasteiger partial charge on any atom is -0.504 e. The van der Waals surface area contributed by atoms with Crippen molar-refractivity contribution in [3.05, 3.63) is 47.3 Å². The summed E-state index contributed by atoms with van der Waals surface area (Å²) in [7, 11) is 0. The van der Waals surface area contributed by atoms with Crippen LogP contribution in [0.3, 0.4) is 0 Å². The van der Waals surface area contributed by atoms with E-state index in [1.807, 2.05) is 20.8 Å². The third-order valence-corrected chi connectivity index (χ3v) is 4.32. The van der Waals surface area contributed by atoms with Crippen molar-refractivity contribution in [2.24, 2.45) is 0 Å². The summed E-state index contributed by atoms with van der Waals surface area (Å²) in [6.45, 7) is 8.89. The summed E-state index contributed by atoms with van der Waals surface area (Å²) in [6, 6.07) is 10.6. The number of aromatic nitrogens is 2. The van der Waals surface area contributed by atoms with Gasteiger partial charge in [0.15, 0.2) is 5.75 Å². The lowest BCUT2D eigenvalue weighted by atomic mass is 9.93. The Labute approximate surface area is 145 Å². The van der Waals surface area contributed by atoms with Gasteiger partial charge < -0.3 is 10.4 Å². The van der Waals surface area contributed by atoms with E-state index < -0.39 is 0 Å².